The molecular formula is C21H17FN2O3. The topological polar surface area (TPSA) is 67.4 Å². The highest BCUT2D eigenvalue weighted by atomic mass is 19.1. The van der Waals surface area contributed by atoms with Crippen molar-refractivity contribution in [3.05, 3.63) is 84.2 Å². The SMILES string of the molecule is COc1cc(NC(=O)NC(=O)c2ccccc2F)ccc1-c1ccccc1. The molecule has 3 aromatic rings. The number of hydrogen-bond donors (Lipinski definition) is 2. The summed E-state index contributed by atoms with van der Waals surface area (Å²) in [6.07, 6.45) is 0. The van der Waals surface area contributed by atoms with Gasteiger partial charge in [0, 0.05) is 17.3 Å². The van der Waals surface area contributed by atoms with Gasteiger partial charge in [0.1, 0.15) is 11.6 Å². The van der Waals surface area contributed by atoms with Crippen LogP contribution in [0, 0.1) is 5.82 Å². The van der Waals surface area contributed by atoms with E-state index >= 15 is 0 Å². The number of amides is 3. The molecule has 0 saturated heterocycles. The van der Waals surface area contributed by atoms with Crippen molar-refractivity contribution in [2.45, 2.75) is 0 Å². The van der Waals surface area contributed by atoms with Crippen LogP contribution in [0.5, 0.6) is 5.75 Å². The quantitative estimate of drug-likeness (QED) is 0.718. The average Bonchev–Trinajstić information content (AvgIpc) is 2.68. The van der Waals surface area contributed by atoms with Gasteiger partial charge in [-0.3, -0.25) is 10.1 Å². The Bertz CT molecular complexity index is 974. The van der Waals surface area contributed by atoms with Crippen molar-refractivity contribution in [2.24, 2.45) is 0 Å². The second-order valence-electron chi connectivity index (χ2n) is 5.67. The number of anilines is 1. The van der Waals surface area contributed by atoms with E-state index in [2.05, 4.69) is 10.6 Å². The van der Waals surface area contributed by atoms with E-state index in [9.17, 15) is 14.0 Å². The Kier molecular flexibility index (Phi) is 5.47. The Morgan fingerprint density at radius 1 is 0.926 bits per heavy atom. The molecule has 0 unspecified atom stereocenters. The van der Waals surface area contributed by atoms with Crippen LogP contribution in [-0.4, -0.2) is 19.0 Å². The van der Waals surface area contributed by atoms with Crippen LogP contribution >= 0.6 is 0 Å². The van der Waals surface area contributed by atoms with Crippen molar-refractivity contribution in [3.63, 3.8) is 0 Å². The van der Waals surface area contributed by atoms with Gasteiger partial charge in [0.2, 0.25) is 0 Å². The molecule has 0 radical (unpaired) electrons. The lowest BCUT2D eigenvalue weighted by molar-refractivity contribution is 0.0963. The molecule has 3 aromatic carbocycles. The second kappa shape index (κ2) is 8.14. The van der Waals surface area contributed by atoms with E-state index < -0.39 is 17.8 Å². The number of urea groups is 1. The van der Waals surface area contributed by atoms with Crippen LogP contribution < -0.4 is 15.4 Å². The van der Waals surface area contributed by atoms with Gasteiger partial charge < -0.3 is 10.1 Å². The maximum Gasteiger partial charge on any atom is 0.326 e. The molecule has 3 amide bonds. The summed E-state index contributed by atoms with van der Waals surface area (Å²) in [6, 6.07) is 19.5. The first-order chi connectivity index (χ1) is 13.1. The fraction of sp³-hybridized carbons (Fsp3) is 0.0476. The standard InChI is InChI=1S/C21H17FN2O3/c1-27-19-13-15(11-12-16(19)14-7-3-2-4-8-14)23-21(26)24-20(25)17-9-5-6-10-18(17)22/h2-13H,1H3,(H2,23,24,25,26). The first-order valence-corrected chi connectivity index (χ1v) is 8.19. The lowest BCUT2D eigenvalue weighted by Crippen LogP contribution is -2.34. The summed E-state index contributed by atoms with van der Waals surface area (Å²) in [5, 5.41) is 4.64. The number of benzene rings is 3. The normalized spacial score (nSPS) is 10.1. The van der Waals surface area contributed by atoms with Crippen LogP contribution in [0.15, 0.2) is 72.8 Å². The van der Waals surface area contributed by atoms with E-state index in [-0.39, 0.29) is 5.56 Å². The van der Waals surface area contributed by atoms with Crippen molar-refractivity contribution in [3.8, 4) is 16.9 Å². The number of rotatable bonds is 4. The van der Waals surface area contributed by atoms with Crippen LogP contribution in [0.25, 0.3) is 11.1 Å². The predicted molar refractivity (Wildman–Crippen MR) is 101 cm³/mol. The molecule has 0 saturated carbocycles. The fourth-order valence-electron chi connectivity index (χ4n) is 2.60. The van der Waals surface area contributed by atoms with Gasteiger partial charge in [0.05, 0.1) is 12.7 Å². The van der Waals surface area contributed by atoms with Crippen LogP contribution in [0.3, 0.4) is 0 Å². The molecule has 0 aliphatic heterocycles. The minimum Gasteiger partial charge on any atom is -0.496 e. The number of nitrogens with one attached hydrogen (secondary N) is 2. The summed E-state index contributed by atoms with van der Waals surface area (Å²) in [5.74, 6) is -0.949. The Hall–Kier alpha value is -3.67. The molecule has 0 aromatic heterocycles. The molecule has 6 heteroatoms. The minimum absolute atomic E-state index is 0.204. The van der Waals surface area contributed by atoms with Crippen molar-refractivity contribution in [2.75, 3.05) is 12.4 Å². The Balaban J connectivity index is 1.73. The maximum absolute atomic E-state index is 13.6. The molecule has 3 rings (SSSR count). The third-order valence-corrected chi connectivity index (χ3v) is 3.89. The van der Waals surface area contributed by atoms with Gasteiger partial charge in [0.15, 0.2) is 0 Å². The number of halogens is 1. The van der Waals surface area contributed by atoms with E-state index in [1.807, 2.05) is 36.4 Å². The lowest BCUT2D eigenvalue weighted by atomic mass is 10.0. The van der Waals surface area contributed by atoms with E-state index in [0.717, 1.165) is 17.2 Å². The summed E-state index contributed by atoms with van der Waals surface area (Å²) in [6.45, 7) is 0. The fourth-order valence-corrected chi connectivity index (χ4v) is 2.60. The van der Waals surface area contributed by atoms with Gasteiger partial charge in [-0.05, 0) is 29.8 Å². The molecule has 0 atom stereocenters. The highest BCUT2D eigenvalue weighted by Crippen LogP contribution is 2.32. The number of carbonyl (C=O) groups is 2. The van der Waals surface area contributed by atoms with Gasteiger partial charge in [-0.2, -0.15) is 0 Å². The molecule has 0 aliphatic rings. The number of methoxy groups -OCH3 is 1. The third-order valence-electron chi connectivity index (χ3n) is 3.89. The Labute approximate surface area is 155 Å². The summed E-state index contributed by atoms with van der Waals surface area (Å²) in [4.78, 5) is 24.0. The summed E-state index contributed by atoms with van der Waals surface area (Å²) in [5.41, 5.74) is 2.07. The molecule has 0 aliphatic carbocycles. The van der Waals surface area contributed by atoms with Crippen LogP contribution in [0.4, 0.5) is 14.9 Å². The largest absolute Gasteiger partial charge is 0.496 e. The second-order valence-corrected chi connectivity index (χ2v) is 5.67. The molecule has 0 heterocycles. The molecule has 0 spiro atoms. The van der Waals surface area contributed by atoms with Crippen molar-refractivity contribution in [1.29, 1.82) is 0 Å². The molecule has 0 fully saturated rings. The number of ether oxygens (including phenoxy) is 1. The number of hydrogen-bond acceptors (Lipinski definition) is 3. The van der Waals surface area contributed by atoms with Gasteiger partial charge >= 0.3 is 6.03 Å². The maximum atomic E-state index is 13.6. The summed E-state index contributed by atoms with van der Waals surface area (Å²) in [7, 11) is 1.54. The van der Waals surface area contributed by atoms with Gasteiger partial charge in [-0.25, -0.2) is 9.18 Å². The number of carbonyl (C=O) groups excluding carboxylic acids is 2. The smallest absolute Gasteiger partial charge is 0.326 e. The van der Waals surface area contributed by atoms with Crippen LogP contribution in [0.1, 0.15) is 10.4 Å². The monoisotopic (exact) mass is 364 g/mol. The Morgan fingerprint density at radius 2 is 1.63 bits per heavy atom. The molecule has 27 heavy (non-hydrogen) atoms. The van der Waals surface area contributed by atoms with Crippen molar-refractivity contribution >= 4 is 17.6 Å². The molecule has 5 nitrogen and oxygen atoms in total. The summed E-state index contributed by atoms with van der Waals surface area (Å²) < 4.78 is 19.0. The molecular weight excluding hydrogens is 347 g/mol. The van der Waals surface area contributed by atoms with E-state index in [0.29, 0.717) is 11.4 Å². The van der Waals surface area contributed by atoms with E-state index in [1.54, 1.807) is 12.1 Å². The Morgan fingerprint density at radius 3 is 2.33 bits per heavy atom. The zero-order valence-corrected chi connectivity index (χ0v) is 14.5. The number of imide groups is 1. The first-order valence-electron chi connectivity index (χ1n) is 8.19. The van der Waals surface area contributed by atoms with Crippen molar-refractivity contribution < 1.29 is 18.7 Å². The van der Waals surface area contributed by atoms with Crippen LogP contribution in [-0.2, 0) is 0 Å². The lowest BCUT2D eigenvalue weighted by Gasteiger charge is -2.12. The van der Waals surface area contributed by atoms with Crippen molar-refractivity contribution in [1.82, 2.24) is 5.32 Å². The minimum atomic E-state index is -0.821. The van der Waals surface area contributed by atoms with Crippen LogP contribution in [0.2, 0.25) is 0 Å². The van der Waals surface area contributed by atoms with E-state index in [1.165, 1.54) is 25.3 Å². The highest BCUT2D eigenvalue weighted by molar-refractivity contribution is 6.08. The predicted octanol–water partition coefficient (Wildman–Crippen LogP) is 4.46. The zero-order chi connectivity index (χ0) is 19.2. The van der Waals surface area contributed by atoms with E-state index in [4.69, 9.17) is 4.74 Å². The molecule has 136 valence electrons. The van der Waals surface area contributed by atoms with Gasteiger partial charge in [-0.1, -0.05) is 42.5 Å². The third kappa shape index (κ3) is 4.30. The van der Waals surface area contributed by atoms with Gasteiger partial charge in [-0.15, -0.1) is 0 Å². The molecule has 2 N–H and O–H groups in total. The first kappa shape index (κ1) is 18.1. The highest BCUT2D eigenvalue weighted by Gasteiger charge is 2.15. The zero-order valence-electron chi connectivity index (χ0n) is 14.5. The molecule has 0 bridgehead atoms. The summed E-state index contributed by atoms with van der Waals surface area (Å²) >= 11 is 0. The average molecular weight is 364 g/mol. The van der Waals surface area contributed by atoms with Gasteiger partial charge in [0.25, 0.3) is 5.91 Å².